The number of aliphatic carboxylic acids is 1. The summed E-state index contributed by atoms with van der Waals surface area (Å²) < 4.78 is 5.53. The van der Waals surface area contributed by atoms with Gasteiger partial charge in [-0.05, 0) is 25.0 Å². The Morgan fingerprint density at radius 3 is 2.70 bits per heavy atom. The van der Waals surface area contributed by atoms with Gasteiger partial charge in [-0.1, -0.05) is 18.2 Å². The zero-order chi connectivity index (χ0) is 15.0. The summed E-state index contributed by atoms with van der Waals surface area (Å²) >= 11 is 0. The van der Waals surface area contributed by atoms with Gasteiger partial charge in [-0.3, -0.25) is 4.79 Å². The molecule has 0 bridgehead atoms. The maximum atomic E-state index is 11.4. The highest BCUT2D eigenvalue weighted by atomic mass is 16.5. The topological polar surface area (TPSA) is 95.9 Å². The zero-order valence-corrected chi connectivity index (χ0v) is 11.3. The Morgan fingerprint density at radius 2 is 2.05 bits per heavy atom. The number of carbonyl (C=O) groups excluding carboxylic acids is 1. The van der Waals surface area contributed by atoms with Gasteiger partial charge in [0.25, 0.3) is 0 Å². The molecule has 110 valence electrons. The van der Waals surface area contributed by atoms with Crippen LogP contribution in [0, 0.1) is 6.92 Å². The van der Waals surface area contributed by atoms with E-state index in [2.05, 4.69) is 5.32 Å². The molecule has 0 aliphatic rings. The first-order valence-corrected chi connectivity index (χ1v) is 6.36. The molecule has 1 rings (SSSR count). The lowest BCUT2D eigenvalue weighted by Gasteiger charge is -2.09. The van der Waals surface area contributed by atoms with Crippen molar-refractivity contribution in [2.24, 2.45) is 0 Å². The second-order valence-electron chi connectivity index (χ2n) is 4.38. The fraction of sp³-hybridized carbons (Fsp3) is 0.429. The Hall–Kier alpha value is -2.08. The third-order valence-corrected chi connectivity index (χ3v) is 2.68. The van der Waals surface area contributed by atoms with Crippen LogP contribution >= 0.6 is 0 Å². The number of carboxylic acids is 1. The number of aliphatic hydroxyl groups is 1. The van der Waals surface area contributed by atoms with Crippen molar-refractivity contribution in [1.82, 2.24) is 5.32 Å². The highest BCUT2D eigenvalue weighted by molar-refractivity contribution is 5.77. The van der Waals surface area contributed by atoms with Crippen molar-refractivity contribution < 1.29 is 24.5 Å². The summed E-state index contributed by atoms with van der Waals surface area (Å²) in [5.74, 6) is -0.874. The van der Waals surface area contributed by atoms with Crippen LogP contribution in [0.5, 0.6) is 5.75 Å². The fourth-order valence-electron chi connectivity index (χ4n) is 1.52. The zero-order valence-electron chi connectivity index (χ0n) is 11.3. The first-order chi connectivity index (χ1) is 9.50. The Balaban J connectivity index is 2.16. The molecule has 0 fully saturated rings. The monoisotopic (exact) mass is 281 g/mol. The molecule has 1 aromatic carbocycles. The van der Waals surface area contributed by atoms with E-state index in [0.29, 0.717) is 13.0 Å². The van der Waals surface area contributed by atoms with Gasteiger partial charge in [0.2, 0.25) is 5.91 Å². The van der Waals surface area contributed by atoms with E-state index in [1.54, 1.807) is 0 Å². The van der Waals surface area contributed by atoms with Crippen LogP contribution in [-0.2, 0) is 9.59 Å². The molecule has 6 heteroatoms. The maximum absolute atomic E-state index is 11.4. The number of aryl methyl sites for hydroxylation is 1. The van der Waals surface area contributed by atoms with Crippen molar-refractivity contribution in [3.8, 4) is 5.75 Å². The third kappa shape index (κ3) is 5.71. The quantitative estimate of drug-likeness (QED) is 0.610. The van der Waals surface area contributed by atoms with Crippen LogP contribution in [0.1, 0.15) is 18.4 Å². The molecule has 1 amide bonds. The molecular formula is C14H19NO5. The Labute approximate surface area is 117 Å². The molecule has 0 aromatic heterocycles. The van der Waals surface area contributed by atoms with E-state index in [-0.39, 0.29) is 18.9 Å². The van der Waals surface area contributed by atoms with Crippen molar-refractivity contribution in [3.05, 3.63) is 29.8 Å². The van der Waals surface area contributed by atoms with Gasteiger partial charge in [0, 0.05) is 6.42 Å². The highest BCUT2D eigenvalue weighted by Gasteiger charge is 2.13. The van der Waals surface area contributed by atoms with Gasteiger partial charge in [0.15, 0.2) is 6.10 Å². The summed E-state index contributed by atoms with van der Waals surface area (Å²) in [4.78, 5) is 21.7. The molecule has 6 nitrogen and oxygen atoms in total. The number of rotatable bonds is 8. The van der Waals surface area contributed by atoms with Crippen LogP contribution in [0.25, 0.3) is 0 Å². The second kappa shape index (κ2) is 8.16. The molecule has 0 aliphatic carbocycles. The van der Waals surface area contributed by atoms with Gasteiger partial charge in [0.1, 0.15) is 5.75 Å². The van der Waals surface area contributed by atoms with Crippen LogP contribution in [0.4, 0.5) is 0 Å². The predicted octanol–water partition coefficient (Wildman–Crippen LogP) is 0.716. The summed E-state index contributed by atoms with van der Waals surface area (Å²) in [7, 11) is 0. The number of carbonyl (C=O) groups is 2. The van der Waals surface area contributed by atoms with Gasteiger partial charge in [-0.25, -0.2) is 4.79 Å². The third-order valence-electron chi connectivity index (χ3n) is 2.68. The van der Waals surface area contributed by atoms with Gasteiger partial charge < -0.3 is 20.3 Å². The lowest BCUT2D eigenvalue weighted by molar-refractivity contribution is -0.146. The van der Waals surface area contributed by atoms with Crippen molar-refractivity contribution in [1.29, 1.82) is 0 Å². The molecule has 1 aromatic rings. The first-order valence-electron chi connectivity index (χ1n) is 6.36. The largest absolute Gasteiger partial charge is 0.493 e. The molecule has 20 heavy (non-hydrogen) atoms. The van der Waals surface area contributed by atoms with Gasteiger partial charge in [-0.15, -0.1) is 0 Å². The Kier molecular flexibility index (Phi) is 6.52. The van der Waals surface area contributed by atoms with Crippen LogP contribution in [0.15, 0.2) is 24.3 Å². The van der Waals surface area contributed by atoms with E-state index < -0.39 is 12.1 Å². The minimum atomic E-state index is -1.57. The summed E-state index contributed by atoms with van der Waals surface area (Å²) in [6.07, 6.45) is -0.830. The van der Waals surface area contributed by atoms with E-state index in [1.807, 2.05) is 31.2 Å². The minimum absolute atomic E-state index is 0.220. The molecule has 1 atom stereocenters. The number of hydrogen-bond acceptors (Lipinski definition) is 4. The molecule has 0 aliphatic heterocycles. The number of nitrogens with one attached hydrogen (secondary N) is 1. The van der Waals surface area contributed by atoms with Crippen LogP contribution in [0.3, 0.4) is 0 Å². The van der Waals surface area contributed by atoms with Crippen molar-refractivity contribution in [2.45, 2.75) is 25.9 Å². The van der Waals surface area contributed by atoms with Crippen molar-refractivity contribution in [2.75, 3.05) is 13.2 Å². The van der Waals surface area contributed by atoms with Gasteiger partial charge in [-0.2, -0.15) is 0 Å². The normalized spacial score (nSPS) is 11.7. The average Bonchev–Trinajstić information content (AvgIpc) is 2.42. The molecule has 3 N–H and O–H groups in total. The molecule has 0 heterocycles. The van der Waals surface area contributed by atoms with E-state index in [1.165, 1.54) is 0 Å². The van der Waals surface area contributed by atoms with Crippen molar-refractivity contribution >= 4 is 11.9 Å². The SMILES string of the molecule is Cc1ccccc1OCCCC(=O)NC[C@H](O)C(=O)O. The smallest absolute Gasteiger partial charge is 0.334 e. The summed E-state index contributed by atoms with van der Waals surface area (Å²) in [6, 6.07) is 7.60. The number of aliphatic hydroxyl groups excluding tert-OH is 1. The van der Waals surface area contributed by atoms with Crippen LogP contribution in [0.2, 0.25) is 0 Å². The lowest BCUT2D eigenvalue weighted by atomic mass is 10.2. The van der Waals surface area contributed by atoms with Crippen LogP contribution in [-0.4, -0.2) is 41.3 Å². The van der Waals surface area contributed by atoms with Crippen LogP contribution < -0.4 is 10.1 Å². The Bertz CT molecular complexity index is 461. The number of hydrogen-bond donors (Lipinski definition) is 3. The fourth-order valence-corrected chi connectivity index (χ4v) is 1.52. The molecular weight excluding hydrogens is 262 g/mol. The number of carboxylic acid groups (broad SMARTS) is 1. The summed E-state index contributed by atoms with van der Waals surface area (Å²) in [5, 5.41) is 19.8. The van der Waals surface area contributed by atoms with E-state index in [4.69, 9.17) is 14.9 Å². The number of benzene rings is 1. The van der Waals surface area contributed by atoms with Gasteiger partial charge in [0.05, 0.1) is 13.2 Å². The number of para-hydroxylation sites is 1. The standard InChI is InChI=1S/C14H19NO5/c1-10-5-2-3-6-12(10)20-8-4-7-13(17)15-9-11(16)14(18)19/h2-3,5-6,11,16H,4,7-9H2,1H3,(H,15,17)(H,18,19)/t11-/m0/s1. The molecule has 0 radical (unpaired) electrons. The van der Waals surface area contributed by atoms with E-state index in [0.717, 1.165) is 11.3 Å². The van der Waals surface area contributed by atoms with E-state index >= 15 is 0 Å². The van der Waals surface area contributed by atoms with E-state index in [9.17, 15) is 9.59 Å². The minimum Gasteiger partial charge on any atom is -0.493 e. The Morgan fingerprint density at radius 1 is 1.35 bits per heavy atom. The molecule has 0 saturated heterocycles. The average molecular weight is 281 g/mol. The summed E-state index contributed by atoms with van der Waals surface area (Å²) in [5.41, 5.74) is 1.03. The molecule has 0 unspecified atom stereocenters. The highest BCUT2D eigenvalue weighted by Crippen LogP contribution is 2.16. The maximum Gasteiger partial charge on any atom is 0.334 e. The molecule has 0 spiro atoms. The number of amides is 1. The predicted molar refractivity (Wildman–Crippen MR) is 72.6 cm³/mol. The van der Waals surface area contributed by atoms with Crippen molar-refractivity contribution in [3.63, 3.8) is 0 Å². The second-order valence-corrected chi connectivity index (χ2v) is 4.38. The first kappa shape index (κ1) is 16.0. The lowest BCUT2D eigenvalue weighted by Crippen LogP contribution is -2.36. The molecule has 0 saturated carbocycles. The number of ether oxygens (including phenoxy) is 1. The van der Waals surface area contributed by atoms with Gasteiger partial charge >= 0.3 is 5.97 Å². The summed E-state index contributed by atoms with van der Waals surface area (Å²) in [6.45, 7) is 2.06.